The van der Waals surface area contributed by atoms with E-state index in [1.807, 2.05) is 24.3 Å². The fraction of sp³-hybridized carbons (Fsp3) is 0.118. The first-order chi connectivity index (χ1) is 11.7. The van der Waals surface area contributed by atoms with Gasteiger partial charge in [-0.05, 0) is 18.2 Å². The predicted octanol–water partition coefficient (Wildman–Crippen LogP) is 2.38. The van der Waals surface area contributed by atoms with Crippen molar-refractivity contribution in [3.63, 3.8) is 0 Å². The van der Waals surface area contributed by atoms with E-state index in [-0.39, 0.29) is 24.9 Å². The van der Waals surface area contributed by atoms with Crippen LogP contribution in [0.15, 0.2) is 48.5 Å². The zero-order valence-corrected chi connectivity index (χ0v) is 13.4. The van der Waals surface area contributed by atoms with Crippen LogP contribution in [0.5, 0.6) is 0 Å². The standard InChI is InChI=1S/C17H15ClN4O2/c18-13-7-3-1-5-11(13)16(23)19-9-10-20-17(24)15-12-6-2-4-8-14(12)21-22-15/h1-8H,9-10H2,(H,19,23)(H,20,24)(H,21,22). The van der Waals surface area contributed by atoms with Crippen LogP contribution in [0.25, 0.3) is 10.9 Å². The molecule has 3 rings (SSSR count). The summed E-state index contributed by atoms with van der Waals surface area (Å²) in [6.45, 7) is 0.578. The van der Waals surface area contributed by atoms with Gasteiger partial charge in [0.25, 0.3) is 11.8 Å². The highest BCUT2D eigenvalue weighted by atomic mass is 35.5. The van der Waals surface area contributed by atoms with E-state index >= 15 is 0 Å². The lowest BCUT2D eigenvalue weighted by atomic mass is 10.2. The van der Waals surface area contributed by atoms with E-state index in [9.17, 15) is 9.59 Å². The van der Waals surface area contributed by atoms with E-state index in [2.05, 4.69) is 20.8 Å². The van der Waals surface area contributed by atoms with Crippen molar-refractivity contribution in [1.29, 1.82) is 0 Å². The van der Waals surface area contributed by atoms with E-state index in [4.69, 9.17) is 11.6 Å². The van der Waals surface area contributed by atoms with Gasteiger partial charge in [-0.2, -0.15) is 5.10 Å². The molecule has 24 heavy (non-hydrogen) atoms. The Labute approximate surface area is 143 Å². The molecule has 122 valence electrons. The van der Waals surface area contributed by atoms with Gasteiger partial charge in [0.2, 0.25) is 0 Å². The molecule has 3 N–H and O–H groups in total. The number of rotatable bonds is 5. The summed E-state index contributed by atoms with van der Waals surface area (Å²) in [6, 6.07) is 14.2. The smallest absolute Gasteiger partial charge is 0.272 e. The molecule has 6 nitrogen and oxygen atoms in total. The van der Waals surface area contributed by atoms with E-state index in [0.717, 1.165) is 10.9 Å². The zero-order chi connectivity index (χ0) is 16.9. The summed E-state index contributed by atoms with van der Waals surface area (Å²) in [4.78, 5) is 24.1. The van der Waals surface area contributed by atoms with Gasteiger partial charge >= 0.3 is 0 Å². The zero-order valence-electron chi connectivity index (χ0n) is 12.7. The SMILES string of the molecule is O=C(NCCNC(=O)c1n[nH]c2ccccc12)c1ccccc1Cl. The number of hydrogen-bond acceptors (Lipinski definition) is 3. The molecule has 0 bridgehead atoms. The molecule has 0 aliphatic heterocycles. The molecule has 7 heteroatoms. The van der Waals surface area contributed by atoms with Crippen LogP contribution in [-0.4, -0.2) is 35.1 Å². The average molecular weight is 343 g/mol. The number of amides is 2. The molecule has 2 amide bonds. The van der Waals surface area contributed by atoms with Crippen molar-refractivity contribution < 1.29 is 9.59 Å². The molecule has 0 aliphatic carbocycles. The number of para-hydroxylation sites is 1. The molecule has 0 atom stereocenters. The Bertz CT molecular complexity index is 891. The highest BCUT2D eigenvalue weighted by Crippen LogP contribution is 2.15. The maximum absolute atomic E-state index is 12.2. The maximum Gasteiger partial charge on any atom is 0.272 e. The number of fused-ring (bicyclic) bond motifs is 1. The Morgan fingerprint density at radius 1 is 0.958 bits per heavy atom. The van der Waals surface area contributed by atoms with E-state index < -0.39 is 0 Å². The Morgan fingerprint density at radius 3 is 2.42 bits per heavy atom. The molecule has 3 aromatic rings. The van der Waals surface area contributed by atoms with Crippen molar-refractivity contribution >= 4 is 34.3 Å². The Morgan fingerprint density at radius 2 is 1.62 bits per heavy atom. The number of benzene rings is 2. The average Bonchev–Trinajstić information content (AvgIpc) is 3.03. The number of carbonyl (C=O) groups is 2. The van der Waals surface area contributed by atoms with Crippen LogP contribution in [0.2, 0.25) is 5.02 Å². The lowest BCUT2D eigenvalue weighted by molar-refractivity contribution is 0.0926. The van der Waals surface area contributed by atoms with Crippen molar-refractivity contribution in [2.24, 2.45) is 0 Å². The minimum absolute atomic E-state index is 0.278. The van der Waals surface area contributed by atoms with Crippen molar-refractivity contribution in [3.8, 4) is 0 Å². The summed E-state index contributed by atoms with van der Waals surface area (Å²) in [5.74, 6) is -0.570. The molecule has 0 spiro atoms. The van der Waals surface area contributed by atoms with Gasteiger partial charge in [-0.3, -0.25) is 14.7 Å². The number of halogens is 1. The second-order valence-corrected chi connectivity index (χ2v) is 5.52. The fourth-order valence-corrected chi connectivity index (χ4v) is 2.53. The fourth-order valence-electron chi connectivity index (χ4n) is 2.31. The summed E-state index contributed by atoms with van der Waals surface area (Å²) in [6.07, 6.45) is 0. The van der Waals surface area contributed by atoms with Crippen LogP contribution in [-0.2, 0) is 0 Å². The molecular formula is C17H15ClN4O2. The second-order valence-electron chi connectivity index (χ2n) is 5.11. The van der Waals surface area contributed by atoms with Crippen LogP contribution in [0, 0.1) is 0 Å². The van der Waals surface area contributed by atoms with Crippen molar-refractivity contribution in [3.05, 3.63) is 64.8 Å². The number of carbonyl (C=O) groups excluding carboxylic acids is 2. The lowest BCUT2D eigenvalue weighted by Crippen LogP contribution is -2.35. The summed E-state index contributed by atoms with van der Waals surface area (Å²) in [5, 5.41) is 13.4. The third-order valence-corrected chi connectivity index (χ3v) is 3.83. The second kappa shape index (κ2) is 7.14. The van der Waals surface area contributed by atoms with Gasteiger partial charge < -0.3 is 10.6 Å². The predicted molar refractivity (Wildman–Crippen MR) is 92.2 cm³/mol. The van der Waals surface area contributed by atoms with Crippen molar-refractivity contribution in [2.75, 3.05) is 13.1 Å². The molecule has 1 heterocycles. The van der Waals surface area contributed by atoms with Crippen LogP contribution in [0.4, 0.5) is 0 Å². The van der Waals surface area contributed by atoms with Gasteiger partial charge in [-0.25, -0.2) is 0 Å². The monoisotopic (exact) mass is 342 g/mol. The Balaban J connectivity index is 1.52. The number of nitrogens with one attached hydrogen (secondary N) is 3. The molecule has 2 aromatic carbocycles. The third-order valence-electron chi connectivity index (χ3n) is 3.50. The van der Waals surface area contributed by atoms with Crippen LogP contribution >= 0.6 is 11.6 Å². The topological polar surface area (TPSA) is 86.9 Å². The Kier molecular flexibility index (Phi) is 4.77. The molecule has 1 aromatic heterocycles. The van der Waals surface area contributed by atoms with Gasteiger partial charge in [-0.1, -0.05) is 41.9 Å². The summed E-state index contributed by atoms with van der Waals surface area (Å²) in [5.41, 5.74) is 1.54. The van der Waals surface area contributed by atoms with Crippen LogP contribution in [0.3, 0.4) is 0 Å². The van der Waals surface area contributed by atoms with Crippen LogP contribution in [0.1, 0.15) is 20.8 Å². The number of hydrogen-bond donors (Lipinski definition) is 3. The van der Waals surface area contributed by atoms with Crippen molar-refractivity contribution in [2.45, 2.75) is 0 Å². The van der Waals surface area contributed by atoms with Gasteiger partial charge in [0.1, 0.15) is 0 Å². The van der Waals surface area contributed by atoms with Crippen LogP contribution < -0.4 is 10.6 Å². The minimum Gasteiger partial charge on any atom is -0.350 e. The van der Waals surface area contributed by atoms with E-state index in [1.165, 1.54) is 0 Å². The molecule has 0 radical (unpaired) electrons. The van der Waals surface area contributed by atoms with E-state index in [0.29, 0.717) is 16.3 Å². The maximum atomic E-state index is 12.2. The van der Waals surface area contributed by atoms with Crippen molar-refractivity contribution in [1.82, 2.24) is 20.8 Å². The van der Waals surface area contributed by atoms with Gasteiger partial charge in [0, 0.05) is 18.5 Å². The van der Waals surface area contributed by atoms with Gasteiger partial charge in [0.15, 0.2) is 5.69 Å². The molecule has 0 fully saturated rings. The number of aromatic amines is 1. The highest BCUT2D eigenvalue weighted by molar-refractivity contribution is 6.33. The molecule has 0 aliphatic rings. The minimum atomic E-state index is -0.292. The molecule has 0 unspecified atom stereocenters. The number of aromatic nitrogens is 2. The first kappa shape index (κ1) is 16.0. The largest absolute Gasteiger partial charge is 0.350 e. The lowest BCUT2D eigenvalue weighted by Gasteiger charge is -2.07. The normalized spacial score (nSPS) is 10.5. The third kappa shape index (κ3) is 3.38. The number of nitrogens with zero attached hydrogens (tertiary/aromatic N) is 1. The number of H-pyrrole nitrogens is 1. The van der Waals surface area contributed by atoms with Gasteiger partial charge in [0.05, 0.1) is 16.1 Å². The molecular weight excluding hydrogens is 328 g/mol. The van der Waals surface area contributed by atoms with E-state index in [1.54, 1.807) is 24.3 Å². The molecule has 0 saturated carbocycles. The summed E-state index contributed by atoms with van der Waals surface area (Å²) in [7, 11) is 0. The molecule has 0 saturated heterocycles. The summed E-state index contributed by atoms with van der Waals surface area (Å²) >= 11 is 5.96. The quantitative estimate of drug-likeness (QED) is 0.622. The first-order valence-corrected chi connectivity index (χ1v) is 7.78. The summed E-state index contributed by atoms with van der Waals surface area (Å²) < 4.78 is 0. The first-order valence-electron chi connectivity index (χ1n) is 7.41. The van der Waals surface area contributed by atoms with Gasteiger partial charge in [-0.15, -0.1) is 0 Å². The highest BCUT2D eigenvalue weighted by Gasteiger charge is 2.13. The Hall–Kier alpha value is -2.86.